The van der Waals surface area contributed by atoms with Crippen LogP contribution in [-0.4, -0.2) is 7.11 Å². The van der Waals surface area contributed by atoms with E-state index in [0.717, 1.165) is 29.3 Å². The third-order valence-corrected chi connectivity index (χ3v) is 8.84. The number of hydrogen-bond acceptors (Lipinski definition) is 3. The lowest BCUT2D eigenvalue weighted by molar-refractivity contribution is -0.00625. The largest absolute Gasteiger partial charge is 0.496 e. The summed E-state index contributed by atoms with van der Waals surface area (Å²) in [5, 5.41) is 2.17. The first kappa shape index (κ1) is 16.3. The van der Waals surface area contributed by atoms with E-state index < -0.39 is 0 Å². The molecule has 1 nitrogen and oxygen atoms in total. The van der Waals surface area contributed by atoms with Gasteiger partial charge in [-0.3, -0.25) is 0 Å². The molecule has 0 radical (unpaired) electrons. The molecule has 4 fully saturated rings. The van der Waals surface area contributed by atoms with E-state index in [1.807, 2.05) is 30.2 Å². The van der Waals surface area contributed by atoms with E-state index in [4.69, 9.17) is 4.74 Å². The number of ether oxygens (including phenoxy) is 1. The van der Waals surface area contributed by atoms with Gasteiger partial charge in [0.15, 0.2) is 0 Å². The lowest BCUT2D eigenvalue weighted by Gasteiger charge is -2.57. The zero-order valence-electron chi connectivity index (χ0n) is 14.9. The van der Waals surface area contributed by atoms with Crippen LogP contribution in [0.1, 0.15) is 49.0 Å². The topological polar surface area (TPSA) is 9.23 Å². The predicted molar refractivity (Wildman–Crippen MR) is 107 cm³/mol. The summed E-state index contributed by atoms with van der Waals surface area (Å²) in [4.78, 5) is 2.86. The second-order valence-corrected chi connectivity index (χ2v) is 10.5. The van der Waals surface area contributed by atoms with Crippen molar-refractivity contribution in [2.75, 3.05) is 7.11 Å². The highest BCUT2D eigenvalue weighted by Gasteiger charge is 2.52. The van der Waals surface area contributed by atoms with Crippen LogP contribution in [0.3, 0.4) is 0 Å². The fourth-order valence-electron chi connectivity index (χ4n) is 6.18. The third kappa shape index (κ3) is 2.94. The van der Waals surface area contributed by atoms with Crippen LogP contribution in [0.15, 0.2) is 40.6 Å². The van der Waals surface area contributed by atoms with E-state index in [9.17, 15) is 0 Å². The molecule has 1 aromatic heterocycles. The van der Waals surface area contributed by atoms with Crippen LogP contribution in [0.2, 0.25) is 0 Å². The second-order valence-electron chi connectivity index (χ2n) is 8.43. The number of benzene rings is 1. The maximum Gasteiger partial charge on any atom is 0.122 e. The molecule has 132 valence electrons. The average molecular weight is 371 g/mol. The summed E-state index contributed by atoms with van der Waals surface area (Å²) in [5.41, 5.74) is 1.92. The standard InChI is InChI=1S/C22H26OS2/c1-23-21-5-4-18(25-14-19-3-2-6-24-19)10-20(21)22-11-15-7-16(12-22)9-17(8-15)13-22/h2-6,10,15-17H,7-9,11-14H2,1H3. The highest BCUT2D eigenvalue weighted by Crippen LogP contribution is 2.62. The first-order valence-corrected chi connectivity index (χ1v) is 11.4. The molecule has 0 atom stereocenters. The van der Waals surface area contributed by atoms with E-state index >= 15 is 0 Å². The molecule has 0 spiro atoms. The first-order chi connectivity index (χ1) is 12.2. The van der Waals surface area contributed by atoms with E-state index in [2.05, 4.69) is 35.7 Å². The predicted octanol–water partition coefficient (Wildman–Crippen LogP) is 6.52. The Morgan fingerprint density at radius 1 is 1.08 bits per heavy atom. The van der Waals surface area contributed by atoms with Crippen LogP contribution in [0, 0.1) is 17.8 Å². The number of methoxy groups -OCH3 is 1. The molecule has 1 heterocycles. The van der Waals surface area contributed by atoms with Gasteiger partial charge in [0.05, 0.1) is 7.11 Å². The van der Waals surface area contributed by atoms with Crippen molar-refractivity contribution < 1.29 is 4.74 Å². The summed E-state index contributed by atoms with van der Waals surface area (Å²) < 4.78 is 5.83. The fourth-order valence-corrected chi connectivity index (χ4v) is 7.89. The summed E-state index contributed by atoms with van der Waals surface area (Å²) in [6.45, 7) is 0. The second kappa shape index (κ2) is 6.35. The van der Waals surface area contributed by atoms with E-state index in [0.29, 0.717) is 5.41 Å². The number of thioether (sulfide) groups is 1. The van der Waals surface area contributed by atoms with Gasteiger partial charge in [0.25, 0.3) is 0 Å². The summed E-state index contributed by atoms with van der Waals surface area (Å²) in [6.07, 6.45) is 8.67. The molecule has 3 heteroatoms. The smallest absolute Gasteiger partial charge is 0.122 e. The van der Waals surface area contributed by atoms with Crippen LogP contribution < -0.4 is 4.74 Å². The number of thiophene rings is 1. The van der Waals surface area contributed by atoms with Gasteiger partial charge in [0, 0.05) is 21.1 Å². The Morgan fingerprint density at radius 3 is 2.40 bits per heavy atom. The van der Waals surface area contributed by atoms with Gasteiger partial charge in [-0.2, -0.15) is 0 Å². The van der Waals surface area contributed by atoms with E-state index in [1.165, 1.54) is 53.9 Å². The Labute approximate surface area is 159 Å². The van der Waals surface area contributed by atoms with Gasteiger partial charge >= 0.3 is 0 Å². The van der Waals surface area contributed by atoms with Gasteiger partial charge in [-0.1, -0.05) is 6.07 Å². The molecule has 0 amide bonds. The Kier molecular flexibility index (Phi) is 4.13. The maximum absolute atomic E-state index is 5.83. The Morgan fingerprint density at radius 2 is 1.80 bits per heavy atom. The summed E-state index contributed by atoms with van der Waals surface area (Å²) in [6, 6.07) is 11.3. The zero-order chi connectivity index (χ0) is 16.9. The normalized spacial score (nSPS) is 32.9. The molecule has 0 N–H and O–H groups in total. The van der Waals surface area contributed by atoms with Crippen molar-refractivity contribution in [2.24, 2.45) is 17.8 Å². The third-order valence-electron chi connectivity index (χ3n) is 6.74. The number of rotatable bonds is 5. The molecular weight excluding hydrogens is 344 g/mol. The van der Waals surface area contributed by atoms with Crippen molar-refractivity contribution in [3.8, 4) is 5.75 Å². The molecular formula is C22H26OS2. The van der Waals surface area contributed by atoms with Crippen molar-refractivity contribution in [3.63, 3.8) is 0 Å². The number of hydrogen-bond donors (Lipinski definition) is 0. The zero-order valence-corrected chi connectivity index (χ0v) is 16.5. The molecule has 0 saturated heterocycles. The van der Waals surface area contributed by atoms with Gasteiger partial charge in [-0.15, -0.1) is 23.1 Å². The fraction of sp³-hybridized carbons (Fsp3) is 0.545. The summed E-state index contributed by atoms with van der Waals surface area (Å²) in [7, 11) is 1.85. The lowest BCUT2D eigenvalue weighted by atomic mass is 9.48. The lowest BCUT2D eigenvalue weighted by Crippen LogP contribution is -2.48. The minimum Gasteiger partial charge on any atom is -0.496 e. The van der Waals surface area contributed by atoms with Crippen LogP contribution in [0.4, 0.5) is 0 Å². The molecule has 6 rings (SSSR count). The van der Waals surface area contributed by atoms with Crippen LogP contribution in [0.25, 0.3) is 0 Å². The molecule has 0 unspecified atom stereocenters. The van der Waals surface area contributed by atoms with Gasteiger partial charge < -0.3 is 4.74 Å². The molecule has 2 aromatic rings. The molecule has 25 heavy (non-hydrogen) atoms. The molecule has 1 aromatic carbocycles. The highest BCUT2D eigenvalue weighted by molar-refractivity contribution is 7.98. The molecule has 4 bridgehead atoms. The van der Waals surface area contributed by atoms with Crippen LogP contribution in [-0.2, 0) is 11.2 Å². The van der Waals surface area contributed by atoms with Crippen molar-refractivity contribution in [1.29, 1.82) is 0 Å². The van der Waals surface area contributed by atoms with E-state index in [-0.39, 0.29) is 0 Å². The van der Waals surface area contributed by atoms with E-state index in [1.54, 1.807) is 0 Å². The van der Waals surface area contributed by atoms with Gasteiger partial charge in [0.2, 0.25) is 0 Å². The Balaban J connectivity index is 1.46. The molecule has 4 saturated carbocycles. The molecule has 4 aliphatic carbocycles. The summed E-state index contributed by atoms with van der Waals surface area (Å²) in [5.74, 6) is 5.11. The van der Waals surface area contributed by atoms with Crippen molar-refractivity contribution >= 4 is 23.1 Å². The van der Waals surface area contributed by atoms with Gasteiger partial charge in [0.1, 0.15) is 5.75 Å². The van der Waals surface area contributed by atoms with Crippen LogP contribution >= 0.6 is 23.1 Å². The van der Waals surface area contributed by atoms with Crippen LogP contribution in [0.5, 0.6) is 5.75 Å². The minimum absolute atomic E-state index is 0.402. The monoisotopic (exact) mass is 370 g/mol. The molecule has 0 aliphatic heterocycles. The highest BCUT2D eigenvalue weighted by atomic mass is 32.2. The summed E-state index contributed by atoms with van der Waals surface area (Å²) >= 11 is 3.83. The first-order valence-electron chi connectivity index (χ1n) is 9.58. The van der Waals surface area contributed by atoms with Gasteiger partial charge in [-0.25, -0.2) is 0 Å². The SMILES string of the molecule is COc1ccc(SCc2cccs2)cc1C12CC3CC(CC(C3)C1)C2. The minimum atomic E-state index is 0.402. The van der Waals surface area contributed by atoms with Crippen molar-refractivity contribution in [3.05, 3.63) is 46.2 Å². The Hall–Kier alpha value is -0.930. The quantitative estimate of drug-likeness (QED) is 0.554. The Bertz CT molecular complexity index is 714. The van der Waals surface area contributed by atoms with Crippen molar-refractivity contribution in [1.82, 2.24) is 0 Å². The average Bonchev–Trinajstić information content (AvgIpc) is 3.12. The maximum atomic E-state index is 5.83. The van der Waals surface area contributed by atoms with Crippen molar-refractivity contribution in [2.45, 2.75) is 54.6 Å². The molecule has 4 aliphatic rings. The van der Waals surface area contributed by atoms with Gasteiger partial charge in [-0.05, 0) is 91.3 Å².